The summed E-state index contributed by atoms with van der Waals surface area (Å²) in [6.07, 6.45) is 8.55. The Balaban J connectivity index is 1.70. The zero-order valence-electron chi connectivity index (χ0n) is 14.3. The molecule has 122 valence electrons. The van der Waals surface area contributed by atoms with Crippen LogP contribution in [0.4, 0.5) is 0 Å². The van der Waals surface area contributed by atoms with Gasteiger partial charge in [0.2, 0.25) is 5.91 Å². The Bertz CT molecular complexity index is 536. The van der Waals surface area contributed by atoms with Gasteiger partial charge in [0.05, 0.1) is 6.20 Å². The first kappa shape index (κ1) is 15.6. The van der Waals surface area contributed by atoms with Gasteiger partial charge in [-0.2, -0.15) is 5.10 Å². The molecule has 4 unspecified atom stereocenters. The molecule has 2 aliphatic rings. The minimum atomic E-state index is 0.193. The van der Waals surface area contributed by atoms with E-state index in [1.165, 1.54) is 12.0 Å². The Kier molecular flexibility index (Phi) is 4.28. The number of carbonyl (C=O) groups excluding carboxylic acids is 1. The fourth-order valence-electron chi connectivity index (χ4n) is 3.93. The van der Waals surface area contributed by atoms with Crippen LogP contribution in [0, 0.1) is 17.8 Å². The average molecular weight is 303 g/mol. The molecule has 2 heterocycles. The normalized spacial score (nSPS) is 32.1. The van der Waals surface area contributed by atoms with Crippen LogP contribution in [-0.2, 0) is 11.8 Å². The van der Waals surface area contributed by atoms with E-state index in [1.807, 2.05) is 17.9 Å². The smallest absolute Gasteiger partial charge is 0.226 e. The lowest BCUT2D eigenvalue weighted by Gasteiger charge is -2.33. The van der Waals surface area contributed by atoms with Gasteiger partial charge in [0, 0.05) is 31.7 Å². The van der Waals surface area contributed by atoms with Gasteiger partial charge in [-0.25, -0.2) is 0 Å². The van der Waals surface area contributed by atoms with Crippen LogP contribution in [0.2, 0.25) is 0 Å². The van der Waals surface area contributed by atoms with Gasteiger partial charge in [0.1, 0.15) is 0 Å². The van der Waals surface area contributed by atoms with Gasteiger partial charge in [-0.1, -0.05) is 20.8 Å². The lowest BCUT2D eigenvalue weighted by molar-refractivity contribution is -0.136. The molecule has 0 aromatic carbocycles. The molecule has 4 heteroatoms. The highest BCUT2D eigenvalue weighted by atomic mass is 16.2. The van der Waals surface area contributed by atoms with Crippen LogP contribution in [0.1, 0.15) is 57.9 Å². The molecule has 2 fully saturated rings. The number of carbonyl (C=O) groups is 1. The van der Waals surface area contributed by atoms with E-state index < -0.39 is 0 Å². The van der Waals surface area contributed by atoms with Gasteiger partial charge >= 0.3 is 0 Å². The molecule has 1 saturated carbocycles. The fourth-order valence-corrected chi connectivity index (χ4v) is 3.93. The largest absolute Gasteiger partial charge is 0.339 e. The van der Waals surface area contributed by atoms with Crippen LogP contribution in [0.25, 0.3) is 0 Å². The number of nitrogens with zero attached hydrogens (tertiary/aromatic N) is 3. The van der Waals surface area contributed by atoms with Crippen LogP contribution in [0.5, 0.6) is 0 Å². The number of likely N-dealkylation sites (tertiary alicyclic amines) is 1. The van der Waals surface area contributed by atoms with Crippen LogP contribution in [0.3, 0.4) is 0 Å². The number of aromatic nitrogens is 2. The van der Waals surface area contributed by atoms with Crippen molar-refractivity contribution in [2.24, 2.45) is 24.8 Å². The zero-order valence-corrected chi connectivity index (χ0v) is 14.3. The van der Waals surface area contributed by atoms with Crippen molar-refractivity contribution in [2.45, 2.75) is 58.4 Å². The topological polar surface area (TPSA) is 38.1 Å². The molecule has 0 radical (unpaired) electrons. The van der Waals surface area contributed by atoms with Crippen LogP contribution in [0.15, 0.2) is 12.4 Å². The van der Waals surface area contributed by atoms with Crippen molar-refractivity contribution >= 4 is 5.91 Å². The van der Waals surface area contributed by atoms with Crippen molar-refractivity contribution in [3.63, 3.8) is 0 Å². The first-order valence-electron chi connectivity index (χ1n) is 8.76. The third-order valence-corrected chi connectivity index (χ3v) is 5.53. The van der Waals surface area contributed by atoms with Gasteiger partial charge in [0.25, 0.3) is 0 Å². The molecule has 0 spiro atoms. The second-order valence-electron chi connectivity index (χ2n) is 7.71. The van der Waals surface area contributed by atoms with Crippen LogP contribution in [-0.4, -0.2) is 33.2 Å². The Hall–Kier alpha value is -1.32. The second kappa shape index (κ2) is 6.05. The molecular weight excluding hydrogens is 274 g/mol. The number of rotatable bonds is 3. The minimum Gasteiger partial charge on any atom is -0.339 e. The molecule has 0 bridgehead atoms. The Labute approximate surface area is 133 Å². The number of aryl methyl sites for hydroxylation is 1. The Morgan fingerprint density at radius 2 is 2.09 bits per heavy atom. The monoisotopic (exact) mass is 303 g/mol. The summed E-state index contributed by atoms with van der Waals surface area (Å²) < 4.78 is 1.83. The predicted molar refractivity (Wildman–Crippen MR) is 87.4 cm³/mol. The SMILES string of the molecule is CC1CCC(C(C)C)N(C(=O)C2CC2c2cnn(C)c2)CC1. The highest BCUT2D eigenvalue weighted by Crippen LogP contribution is 2.49. The van der Waals surface area contributed by atoms with E-state index in [0.717, 1.165) is 31.7 Å². The predicted octanol–water partition coefficient (Wildman–Crippen LogP) is 3.20. The van der Waals surface area contributed by atoms with E-state index in [2.05, 4.69) is 37.0 Å². The number of hydrogen-bond acceptors (Lipinski definition) is 2. The summed E-state index contributed by atoms with van der Waals surface area (Å²) in [4.78, 5) is 15.2. The van der Waals surface area contributed by atoms with Crippen LogP contribution < -0.4 is 0 Å². The molecule has 4 atom stereocenters. The van der Waals surface area contributed by atoms with Gasteiger partial charge in [0.15, 0.2) is 0 Å². The molecule has 4 nitrogen and oxygen atoms in total. The third kappa shape index (κ3) is 3.06. The summed E-state index contributed by atoms with van der Waals surface area (Å²) in [6, 6.07) is 0.424. The fraction of sp³-hybridized carbons (Fsp3) is 0.778. The van der Waals surface area contributed by atoms with Gasteiger partial charge < -0.3 is 4.90 Å². The average Bonchev–Trinajstić information content (AvgIpc) is 3.19. The minimum absolute atomic E-state index is 0.193. The molecule has 1 amide bonds. The second-order valence-corrected chi connectivity index (χ2v) is 7.71. The molecule has 1 aromatic rings. The summed E-state index contributed by atoms with van der Waals surface area (Å²) in [5.41, 5.74) is 1.23. The summed E-state index contributed by atoms with van der Waals surface area (Å²) in [6.45, 7) is 7.78. The van der Waals surface area contributed by atoms with Gasteiger partial charge in [-0.15, -0.1) is 0 Å². The third-order valence-electron chi connectivity index (χ3n) is 5.53. The van der Waals surface area contributed by atoms with Gasteiger partial charge in [-0.05, 0) is 49.0 Å². The maximum Gasteiger partial charge on any atom is 0.226 e. The first-order chi connectivity index (χ1) is 10.5. The molecule has 1 aliphatic heterocycles. The number of hydrogen-bond donors (Lipinski definition) is 0. The maximum atomic E-state index is 13.0. The maximum absolute atomic E-state index is 13.0. The summed E-state index contributed by atoms with van der Waals surface area (Å²) in [5, 5.41) is 4.24. The lowest BCUT2D eigenvalue weighted by atomic mass is 9.95. The molecule has 1 aromatic heterocycles. The number of amides is 1. The van der Waals surface area contributed by atoms with E-state index in [1.54, 1.807) is 0 Å². The molecule has 3 rings (SSSR count). The molecule has 22 heavy (non-hydrogen) atoms. The molecule has 1 aliphatic carbocycles. The highest BCUT2D eigenvalue weighted by Gasteiger charge is 2.47. The van der Waals surface area contributed by atoms with Crippen molar-refractivity contribution in [1.29, 1.82) is 0 Å². The first-order valence-corrected chi connectivity index (χ1v) is 8.76. The Morgan fingerprint density at radius 1 is 1.32 bits per heavy atom. The standard InChI is InChI=1S/C18H29N3O/c1-12(2)17-6-5-13(3)7-8-21(17)18(22)16-9-15(16)14-10-19-20(4)11-14/h10-13,15-17H,5-9H2,1-4H3. The molecule has 0 N–H and O–H groups in total. The van der Waals surface area contributed by atoms with Gasteiger partial charge in [-0.3, -0.25) is 9.48 Å². The Morgan fingerprint density at radius 3 is 2.73 bits per heavy atom. The quantitative estimate of drug-likeness (QED) is 0.860. The van der Waals surface area contributed by atoms with Crippen molar-refractivity contribution < 1.29 is 4.79 Å². The van der Waals surface area contributed by atoms with Crippen molar-refractivity contribution in [3.8, 4) is 0 Å². The van der Waals surface area contributed by atoms with E-state index in [0.29, 0.717) is 23.8 Å². The van der Waals surface area contributed by atoms with E-state index in [9.17, 15) is 4.79 Å². The molecule has 1 saturated heterocycles. The summed E-state index contributed by atoms with van der Waals surface area (Å²) >= 11 is 0. The molecular formula is C18H29N3O. The van der Waals surface area contributed by atoms with E-state index in [4.69, 9.17) is 0 Å². The summed E-state index contributed by atoms with van der Waals surface area (Å²) in [5.74, 6) is 2.27. The highest BCUT2D eigenvalue weighted by molar-refractivity contribution is 5.83. The van der Waals surface area contributed by atoms with Crippen molar-refractivity contribution in [3.05, 3.63) is 18.0 Å². The lowest BCUT2D eigenvalue weighted by Crippen LogP contribution is -2.43. The van der Waals surface area contributed by atoms with Crippen LogP contribution >= 0.6 is 0 Å². The van der Waals surface area contributed by atoms with Crippen molar-refractivity contribution in [2.75, 3.05) is 6.54 Å². The van der Waals surface area contributed by atoms with E-state index in [-0.39, 0.29) is 5.92 Å². The van der Waals surface area contributed by atoms with E-state index >= 15 is 0 Å². The zero-order chi connectivity index (χ0) is 15.9. The summed E-state index contributed by atoms with van der Waals surface area (Å²) in [7, 11) is 1.94. The van der Waals surface area contributed by atoms with Crippen molar-refractivity contribution in [1.82, 2.24) is 14.7 Å².